The SMILES string of the molecule is CC[C@H](C)[C@@H]1NC(=O)CCCN(C(=O)c2sc(N3CCOCC3)nc2C)CCn2nc(C)nc2[C@H](Cc2ccccc2)NC1=O. The van der Waals surface area contributed by atoms with E-state index in [0.717, 1.165) is 30.2 Å². The number of nitrogens with one attached hydrogen (secondary N) is 2. The number of carbonyl (C=O) groups is 3. The molecule has 2 N–H and O–H groups in total. The van der Waals surface area contributed by atoms with Crippen molar-refractivity contribution in [2.24, 2.45) is 5.92 Å². The van der Waals surface area contributed by atoms with Crippen LogP contribution >= 0.6 is 11.3 Å². The Hall–Kier alpha value is -3.84. The quantitative estimate of drug-likeness (QED) is 0.422. The lowest BCUT2D eigenvalue weighted by Crippen LogP contribution is -2.51. The van der Waals surface area contributed by atoms with E-state index in [9.17, 15) is 14.4 Å². The zero-order valence-corrected chi connectivity index (χ0v) is 27.4. The number of thiazole rings is 1. The number of hydrogen-bond donors (Lipinski definition) is 2. The molecule has 0 unspecified atom stereocenters. The van der Waals surface area contributed by atoms with E-state index >= 15 is 0 Å². The summed E-state index contributed by atoms with van der Waals surface area (Å²) in [6, 6.07) is 8.73. The van der Waals surface area contributed by atoms with E-state index in [0.29, 0.717) is 67.9 Å². The number of benzene rings is 1. The van der Waals surface area contributed by atoms with E-state index < -0.39 is 12.1 Å². The Labute approximate surface area is 268 Å². The molecule has 2 aromatic heterocycles. The molecule has 1 saturated heterocycles. The lowest BCUT2D eigenvalue weighted by Gasteiger charge is -2.28. The maximum atomic E-state index is 14.0. The van der Waals surface area contributed by atoms with Gasteiger partial charge in [-0.15, -0.1) is 0 Å². The van der Waals surface area contributed by atoms with E-state index in [4.69, 9.17) is 14.7 Å². The molecule has 2 aliphatic heterocycles. The highest BCUT2D eigenvalue weighted by molar-refractivity contribution is 7.17. The molecular weight excluding hydrogens is 592 g/mol. The second kappa shape index (κ2) is 15.0. The third-order valence-corrected chi connectivity index (χ3v) is 9.70. The van der Waals surface area contributed by atoms with Crippen LogP contribution in [0, 0.1) is 19.8 Å². The Bertz CT molecular complexity index is 1470. The van der Waals surface area contributed by atoms with Crippen molar-refractivity contribution in [1.29, 1.82) is 0 Å². The van der Waals surface area contributed by atoms with Gasteiger partial charge in [0.1, 0.15) is 22.6 Å². The van der Waals surface area contributed by atoms with Crippen LogP contribution < -0.4 is 15.5 Å². The predicted octanol–water partition coefficient (Wildman–Crippen LogP) is 3.06. The molecule has 0 aliphatic carbocycles. The van der Waals surface area contributed by atoms with Crippen molar-refractivity contribution >= 4 is 34.2 Å². The van der Waals surface area contributed by atoms with Gasteiger partial charge in [0.05, 0.1) is 31.5 Å². The van der Waals surface area contributed by atoms with Crippen molar-refractivity contribution in [2.75, 3.05) is 44.3 Å². The van der Waals surface area contributed by atoms with Crippen LogP contribution in [0.15, 0.2) is 30.3 Å². The van der Waals surface area contributed by atoms with Gasteiger partial charge in [-0.3, -0.25) is 14.4 Å². The molecule has 3 amide bonds. The molecule has 0 bridgehead atoms. The summed E-state index contributed by atoms with van der Waals surface area (Å²) in [6.45, 7) is 11.6. The second-order valence-electron chi connectivity index (χ2n) is 11.8. The molecule has 45 heavy (non-hydrogen) atoms. The lowest BCUT2D eigenvalue weighted by molar-refractivity contribution is -0.130. The zero-order chi connectivity index (χ0) is 31.9. The molecule has 4 heterocycles. The maximum Gasteiger partial charge on any atom is 0.265 e. The Morgan fingerprint density at radius 3 is 2.53 bits per heavy atom. The Kier molecular flexibility index (Phi) is 10.8. The molecule has 3 atom stereocenters. The van der Waals surface area contributed by atoms with Crippen LogP contribution in [0.4, 0.5) is 5.13 Å². The fraction of sp³-hybridized carbons (Fsp3) is 0.562. The van der Waals surface area contributed by atoms with E-state index in [2.05, 4.69) is 20.6 Å². The van der Waals surface area contributed by atoms with Crippen LogP contribution in [-0.2, 0) is 27.3 Å². The summed E-state index contributed by atoms with van der Waals surface area (Å²) in [5.41, 5.74) is 1.73. The molecule has 12 nitrogen and oxygen atoms in total. The largest absolute Gasteiger partial charge is 0.378 e. The first-order valence-corrected chi connectivity index (χ1v) is 16.7. The summed E-state index contributed by atoms with van der Waals surface area (Å²) in [5, 5.41) is 11.7. The number of ether oxygens (including phenoxy) is 1. The van der Waals surface area contributed by atoms with Gasteiger partial charge in [-0.05, 0) is 38.2 Å². The fourth-order valence-corrected chi connectivity index (χ4v) is 6.82. The van der Waals surface area contributed by atoms with Crippen molar-refractivity contribution in [3.05, 3.63) is 58.1 Å². The number of amides is 3. The van der Waals surface area contributed by atoms with Gasteiger partial charge in [-0.1, -0.05) is 61.9 Å². The van der Waals surface area contributed by atoms with E-state index in [-0.39, 0.29) is 30.1 Å². The highest BCUT2D eigenvalue weighted by atomic mass is 32.1. The molecule has 0 saturated carbocycles. The van der Waals surface area contributed by atoms with E-state index in [1.807, 2.05) is 62.7 Å². The molecular formula is C32H44N8O4S. The van der Waals surface area contributed by atoms with Gasteiger partial charge in [0.15, 0.2) is 5.13 Å². The van der Waals surface area contributed by atoms with Gasteiger partial charge < -0.3 is 25.2 Å². The first-order chi connectivity index (χ1) is 21.7. The Morgan fingerprint density at radius 1 is 1.04 bits per heavy atom. The highest BCUT2D eigenvalue weighted by Crippen LogP contribution is 2.28. The number of nitrogens with zero attached hydrogens (tertiary/aromatic N) is 6. The summed E-state index contributed by atoms with van der Waals surface area (Å²) >= 11 is 1.41. The van der Waals surface area contributed by atoms with Crippen molar-refractivity contribution < 1.29 is 19.1 Å². The van der Waals surface area contributed by atoms with Crippen molar-refractivity contribution in [2.45, 2.75) is 72.0 Å². The minimum absolute atomic E-state index is 0.0770. The smallest absolute Gasteiger partial charge is 0.265 e. The number of morpholine rings is 1. The van der Waals surface area contributed by atoms with Gasteiger partial charge in [0.25, 0.3) is 5.91 Å². The molecule has 242 valence electrons. The lowest BCUT2D eigenvalue weighted by atomic mass is 9.97. The van der Waals surface area contributed by atoms with E-state index in [1.54, 1.807) is 4.90 Å². The molecule has 2 aliphatic rings. The number of aryl methyl sites for hydroxylation is 2. The summed E-state index contributed by atoms with van der Waals surface area (Å²) in [6.07, 6.45) is 1.88. The van der Waals surface area contributed by atoms with Crippen molar-refractivity contribution in [1.82, 2.24) is 35.3 Å². The first-order valence-electron chi connectivity index (χ1n) is 15.9. The standard InChI is InChI=1S/C32H44N8O4S/c1-5-21(2)27-30(42)35-25(20-24-10-7-6-8-11-24)29-34-23(4)37-40(29)15-14-38(13-9-12-26(41)36-27)31(43)28-22(3)33-32(45-28)39-16-18-44-19-17-39/h6-8,10-11,21,25,27H,5,9,12-20H2,1-4H3,(H,35,42)(H,36,41)/t21-,25-,27-/m0/s1. The van der Waals surface area contributed by atoms with Gasteiger partial charge in [0.2, 0.25) is 11.8 Å². The molecule has 5 rings (SSSR count). The first kappa shape index (κ1) is 32.6. The topological polar surface area (TPSA) is 135 Å². The van der Waals surface area contributed by atoms with Crippen LogP contribution in [0.2, 0.25) is 0 Å². The third-order valence-electron chi connectivity index (χ3n) is 8.49. The number of hydrogen-bond acceptors (Lipinski definition) is 9. The monoisotopic (exact) mass is 636 g/mol. The van der Waals surface area contributed by atoms with Crippen LogP contribution in [0.3, 0.4) is 0 Å². The predicted molar refractivity (Wildman–Crippen MR) is 172 cm³/mol. The van der Waals surface area contributed by atoms with Gasteiger partial charge in [0, 0.05) is 32.6 Å². The summed E-state index contributed by atoms with van der Waals surface area (Å²) in [7, 11) is 0. The molecule has 0 spiro atoms. The van der Waals surface area contributed by atoms with Crippen molar-refractivity contribution in [3.63, 3.8) is 0 Å². The van der Waals surface area contributed by atoms with Crippen LogP contribution in [-0.4, -0.2) is 87.8 Å². The van der Waals surface area contributed by atoms with Crippen LogP contribution in [0.5, 0.6) is 0 Å². The normalized spacial score (nSPS) is 21.0. The zero-order valence-electron chi connectivity index (χ0n) is 26.6. The highest BCUT2D eigenvalue weighted by Gasteiger charge is 2.31. The van der Waals surface area contributed by atoms with Gasteiger partial charge in [-0.2, -0.15) is 5.10 Å². The molecule has 1 fully saturated rings. The third kappa shape index (κ3) is 8.06. The average Bonchev–Trinajstić information content (AvgIpc) is 3.62. The number of rotatable bonds is 6. The summed E-state index contributed by atoms with van der Waals surface area (Å²) in [5.74, 6) is 0.569. The summed E-state index contributed by atoms with van der Waals surface area (Å²) in [4.78, 5) is 54.9. The fourth-order valence-electron chi connectivity index (χ4n) is 5.73. The Morgan fingerprint density at radius 2 is 1.80 bits per heavy atom. The number of anilines is 1. The van der Waals surface area contributed by atoms with Gasteiger partial charge >= 0.3 is 0 Å². The van der Waals surface area contributed by atoms with E-state index in [1.165, 1.54) is 11.3 Å². The number of aromatic nitrogens is 4. The minimum Gasteiger partial charge on any atom is -0.378 e. The van der Waals surface area contributed by atoms with Crippen LogP contribution in [0.25, 0.3) is 0 Å². The minimum atomic E-state index is -0.697. The van der Waals surface area contributed by atoms with Gasteiger partial charge in [-0.25, -0.2) is 14.6 Å². The van der Waals surface area contributed by atoms with Crippen LogP contribution in [0.1, 0.15) is 71.7 Å². The molecule has 3 aromatic rings. The molecule has 0 radical (unpaired) electrons. The number of fused-ring (bicyclic) bond motifs is 1. The number of carbonyl (C=O) groups excluding carboxylic acids is 3. The summed E-state index contributed by atoms with van der Waals surface area (Å²) < 4.78 is 7.30. The van der Waals surface area contributed by atoms with Crippen molar-refractivity contribution in [3.8, 4) is 0 Å². The maximum absolute atomic E-state index is 14.0. The second-order valence-corrected chi connectivity index (χ2v) is 12.8. The molecule has 13 heteroatoms. The Balaban J connectivity index is 1.46. The average molecular weight is 637 g/mol. The molecule has 1 aromatic carbocycles.